The Kier molecular flexibility index (Phi) is 6.08. The minimum absolute atomic E-state index is 0.294. The van der Waals surface area contributed by atoms with E-state index in [1.807, 2.05) is 19.9 Å². The first kappa shape index (κ1) is 21.7. The number of aromatic nitrogens is 1. The topological polar surface area (TPSA) is 146 Å². The lowest BCUT2D eigenvalue weighted by Gasteiger charge is -2.16. The van der Waals surface area contributed by atoms with E-state index in [1.54, 1.807) is 30.3 Å². The van der Waals surface area contributed by atoms with E-state index >= 15 is 0 Å². The van der Waals surface area contributed by atoms with Crippen molar-refractivity contribution in [3.8, 4) is 0 Å². The molecule has 160 valence electrons. The minimum atomic E-state index is -4.74. The fraction of sp³-hybridized carbons (Fsp3) is 0.263. The number of carbonyl (C=O) groups is 2. The van der Waals surface area contributed by atoms with E-state index in [2.05, 4.69) is 9.17 Å². The number of nitrogens with zero attached hydrogens (tertiary/aromatic N) is 1. The van der Waals surface area contributed by atoms with Crippen LogP contribution in [0.25, 0.3) is 11.6 Å². The summed E-state index contributed by atoms with van der Waals surface area (Å²) in [5.74, 6) is -0.600. The van der Waals surface area contributed by atoms with Gasteiger partial charge in [0.15, 0.2) is 0 Å². The Bertz CT molecular complexity index is 1120. The highest BCUT2D eigenvalue weighted by molar-refractivity contribution is 7.80. The summed E-state index contributed by atoms with van der Waals surface area (Å²) in [5.41, 5.74) is 3.76. The predicted octanol–water partition coefficient (Wildman–Crippen LogP) is 1.84. The van der Waals surface area contributed by atoms with Crippen LogP contribution in [0.5, 0.6) is 0 Å². The van der Waals surface area contributed by atoms with Crippen LogP contribution in [-0.2, 0) is 24.1 Å². The van der Waals surface area contributed by atoms with Gasteiger partial charge in [0.05, 0.1) is 17.9 Å². The number of aromatic amines is 1. The van der Waals surface area contributed by atoms with Crippen LogP contribution in [0.1, 0.15) is 22.5 Å². The van der Waals surface area contributed by atoms with E-state index in [9.17, 15) is 23.1 Å². The molecule has 1 atom stereocenters. The molecular formula is C19H20N2O8S. The van der Waals surface area contributed by atoms with Crippen molar-refractivity contribution in [1.82, 2.24) is 4.98 Å². The number of aliphatic hydroxyl groups excluding tert-OH is 1. The molecule has 10 nitrogen and oxygen atoms in total. The molecule has 0 bridgehead atoms. The average Bonchev–Trinajstić information content (AvgIpc) is 3.13. The number of nitrogens with one attached hydrogen (secondary N) is 1. The SMILES string of the molecule is Cc1cc(C)c(/C=C2\C(=O)N(C(=O)OCC(O)COS(=O)(=O)O)c3ccccc32)[nH]1. The van der Waals surface area contributed by atoms with Gasteiger partial charge in [-0.2, -0.15) is 8.42 Å². The lowest BCUT2D eigenvalue weighted by Crippen LogP contribution is -2.36. The molecule has 0 aliphatic carbocycles. The maximum Gasteiger partial charge on any atom is 0.421 e. The summed E-state index contributed by atoms with van der Waals surface area (Å²) in [4.78, 5) is 29.5. The summed E-state index contributed by atoms with van der Waals surface area (Å²) >= 11 is 0. The fourth-order valence-electron chi connectivity index (χ4n) is 3.05. The monoisotopic (exact) mass is 436 g/mol. The first-order chi connectivity index (χ1) is 14.1. The van der Waals surface area contributed by atoms with Crippen LogP contribution in [0.3, 0.4) is 0 Å². The summed E-state index contributed by atoms with van der Waals surface area (Å²) in [6.07, 6.45) is -0.907. The van der Waals surface area contributed by atoms with Gasteiger partial charge in [0.2, 0.25) is 0 Å². The molecule has 3 N–H and O–H groups in total. The third-order valence-electron chi connectivity index (χ3n) is 4.34. The van der Waals surface area contributed by atoms with Gasteiger partial charge >= 0.3 is 16.5 Å². The molecule has 0 saturated heterocycles. The summed E-state index contributed by atoms with van der Waals surface area (Å²) in [6.45, 7) is 2.32. The van der Waals surface area contributed by atoms with Crippen molar-refractivity contribution in [3.63, 3.8) is 0 Å². The molecule has 11 heteroatoms. The molecule has 2 heterocycles. The number of aliphatic hydroxyl groups is 1. The zero-order chi connectivity index (χ0) is 22.1. The lowest BCUT2D eigenvalue weighted by molar-refractivity contribution is -0.112. The van der Waals surface area contributed by atoms with Crippen LogP contribution >= 0.6 is 0 Å². The van der Waals surface area contributed by atoms with Crippen molar-refractivity contribution in [2.45, 2.75) is 20.0 Å². The summed E-state index contributed by atoms with van der Waals surface area (Å²) in [5, 5.41) is 9.65. The molecule has 0 fully saturated rings. The highest BCUT2D eigenvalue weighted by atomic mass is 32.3. The number of aryl methyl sites for hydroxylation is 2. The molecule has 0 radical (unpaired) electrons. The molecule has 1 unspecified atom stereocenters. The van der Waals surface area contributed by atoms with Crippen molar-refractivity contribution < 1.29 is 36.6 Å². The Labute approximate surface area is 172 Å². The van der Waals surface area contributed by atoms with E-state index < -0.39 is 41.7 Å². The maximum absolute atomic E-state index is 13.0. The number of para-hydroxylation sites is 1. The van der Waals surface area contributed by atoms with Gasteiger partial charge in [-0.05, 0) is 37.6 Å². The van der Waals surface area contributed by atoms with Crippen LogP contribution in [-0.4, -0.2) is 54.4 Å². The van der Waals surface area contributed by atoms with Gasteiger partial charge in [-0.25, -0.2) is 13.9 Å². The molecule has 1 aromatic carbocycles. The Hall–Kier alpha value is -2.99. The molecule has 30 heavy (non-hydrogen) atoms. The van der Waals surface area contributed by atoms with E-state index in [-0.39, 0.29) is 0 Å². The summed E-state index contributed by atoms with van der Waals surface area (Å²) in [7, 11) is -4.74. The van der Waals surface area contributed by atoms with Crippen LogP contribution in [0.4, 0.5) is 10.5 Å². The second-order valence-corrected chi connectivity index (χ2v) is 7.80. The van der Waals surface area contributed by atoms with Crippen LogP contribution in [0.2, 0.25) is 0 Å². The highest BCUT2D eigenvalue weighted by Crippen LogP contribution is 2.38. The molecule has 1 aliphatic rings. The normalized spacial score (nSPS) is 16.1. The van der Waals surface area contributed by atoms with Gasteiger partial charge in [0.1, 0.15) is 12.7 Å². The Morgan fingerprint density at radius 1 is 1.27 bits per heavy atom. The van der Waals surface area contributed by atoms with E-state index in [4.69, 9.17) is 9.29 Å². The Morgan fingerprint density at radius 3 is 2.60 bits per heavy atom. The number of anilines is 1. The van der Waals surface area contributed by atoms with Gasteiger partial charge < -0.3 is 14.8 Å². The Balaban J connectivity index is 1.80. The number of imide groups is 1. The number of rotatable bonds is 6. The van der Waals surface area contributed by atoms with Crippen LogP contribution < -0.4 is 4.90 Å². The second-order valence-electron chi connectivity index (χ2n) is 6.71. The molecule has 3 rings (SSSR count). The van der Waals surface area contributed by atoms with Gasteiger partial charge in [-0.1, -0.05) is 18.2 Å². The van der Waals surface area contributed by atoms with Crippen molar-refractivity contribution in [1.29, 1.82) is 0 Å². The fourth-order valence-corrected chi connectivity index (χ4v) is 3.38. The lowest BCUT2D eigenvalue weighted by atomic mass is 10.1. The molecule has 2 aromatic rings. The molecule has 1 aromatic heterocycles. The second kappa shape index (κ2) is 8.40. The number of hydrogen-bond donors (Lipinski definition) is 3. The van der Waals surface area contributed by atoms with Crippen LogP contribution in [0, 0.1) is 13.8 Å². The number of amides is 2. The van der Waals surface area contributed by atoms with E-state index in [0.717, 1.165) is 21.9 Å². The number of carbonyl (C=O) groups excluding carboxylic acids is 2. The van der Waals surface area contributed by atoms with Gasteiger partial charge in [-0.15, -0.1) is 0 Å². The molecule has 0 saturated carbocycles. The van der Waals surface area contributed by atoms with Crippen molar-refractivity contribution in [3.05, 3.63) is 52.8 Å². The molecule has 2 amide bonds. The maximum atomic E-state index is 13.0. The molecule has 0 spiro atoms. The number of ether oxygens (including phenoxy) is 1. The zero-order valence-electron chi connectivity index (χ0n) is 16.2. The zero-order valence-corrected chi connectivity index (χ0v) is 17.0. The number of fused-ring (bicyclic) bond motifs is 1. The summed E-state index contributed by atoms with van der Waals surface area (Å²) in [6, 6.07) is 8.61. The minimum Gasteiger partial charge on any atom is -0.446 e. The first-order valence-corrected chi connectivity index (χ1v) is 10.2. The van der Waals surface area contributed by atoms with Gasteiger partial charge in [-0.3, -0.25) is 9.35 Å². The standard InChI is InChI=1S/C19H20N2O8S/c1-11-7-12(2)20-16(11)8-15-14-5-3-4-6-17(14)21(18(15)23)19(24)28-9-13(22)10-29-30(25,26)27/h3-8,13,20,22H,9-10H2,1-2H3,(H,25,26,27)/b15-8-. The highest BCUT2D eigenvalue weighted by Gasteiger charge is 2.38. The smallest absolute Gasteiger partial charge is 0.421 e. The molecular weight excluding hydrogens is 416 g/mol. The van der Waals surface area contributed by atoms with Crippen molar-refractivity contribution >= 4 is 39.7 Å². The van der Waals surface area contributed by atoms with E-state index in [0.29, 0.717) is 16.8 Å². The number of benzene rings is 1. The van der Waals surface area contributed by atoms with E-state index in [1.165, 1.54) is 0 Å². The van der Waals surface area contributed by atoms with Crippen molar-refractivity contribution in [2.75, 3.05) is 18.1 Å². The van der Waals surface area contributed by atoms with Crippen molar-refractivity contribution in [2.24, 2.45) is 0 Å². The van der Waals surface area contributed by atoms with Gasteiger partial charge in [0, 0.05) is 17.0 Å². The molecule has 1 aliphatic heterocycles. The Morgan fingerprint density at radius 2 is 1.97 bits per heavy atom. The first-order valence-electron chi connectivity index (χ1n) is 8.85. The number of hydrogen-bond acceptors (Lipinski definition) is 7. The number of H-pyrrole nitrogens is 1. The quantitative estimate of drug-likeness (QED) is 0.459. The average molecular weight is 436 g/mol. The third-order valence-corrected chi connectivity index (χ3v) is 4.77. The third kappa shape index (κ3) is 4.76. The van der Waals surface area contributed by atoms with Crippen LogP contribution in [0.15, 0.2) is 30.3 Å². The summed E-state index contributed by atoms with van der Waals surface area (Å²) < 4.78 is 38.5. The predicted molar refractivity (Wildman–Crippen MR) is 107 cm³/mol. The van der Waals surface area contributed by atoms with Gasteiger partial charge in [0.25, 0.3) is 5.91 Å². The largest absolute Gasteiger partial charge is 0.446 e.